The van der Waals surface area contributed by atoms with Gasteiger partial charge in [-0.25, -0.2) is 4.39 Å². The summed E-state index contributed by atoms with van der Waals surface area (Å²) < 4.78 is 18.8. The van der Waals surface area contributed by atoms with E-state index in [9.17, 15) is 4.39 Å². The maximum Gasteiger partial charge on any atom is 0.130 e. The van der Waals surface area contributed by atoms with E-state index in [0.717, 1.165) is 18.5 Å². The summed E-state index contributed by atoms with van der Waals surface area (Å²) in [5.74, 6) is 0.604. The van der Waals surface area contributed by atoms with Gasteiger partial charge in [0.15, 0.2) is 0 Å². The number of methoxy groups -OCH3 is 1. The fourth-order valence-corrected chi connectivity index (χ4v) is 1.78. The van der Waals surface area contributed by atoms with Gasteiger partial charge in [0.25, 0.3) is 0 Å². The standard InChI is InChI=1S/C14H22FNO/c1-10(2)16-8-7-11(3)13-6-5-12(17-4)9-14(13)15/h5-6,9-11,16H,7-8H2,1-4H3. The molecule has 0 saturated heterocycles. The lowest BCUT2D eigenvalue weighted by Gasteiger charge is -2.15. The molecule has 0 fully saturated rings. The van der Waals surface area contributed by atoms with E-state index in [0.29, 0.717) is 11.8 Å². The molecule has 17 heavy (non-hydrogen) atoms. The van der Waals surface area contributed by atoms with E-state index < -0.39 is 0 Å². The van der Waals surface area contributed by atoms with Crippen LogP contribution in [0.3, 0.4) is 0 Å². The molecule has 1 N–H and O–H groups in total. The quantitative estimate of drug-likeness (QED) is 0.822. The Morgan fingerprint density at radius 1 is 1.29 bits per heavy atom. The highest BCUT2D eigenvalue weighted by atomic mass is 19.1. The summed E-state index contributed by atoms with van der Waals surface area (Å²) in [5, 5.41) is 3.34. The first-order valence-electron chi connectivity index (χ1n) is 6.11. The smallest absolute Gasteiger partial charge is 0.130 e. The van der Waals surface area contributed by atoms with Crippen LogP contribution in [0.15, 0.2) is 18.2 Å². The van der Waals surface area contributed by atoms with E-state index >= 15 is 0 Å². The maximum atomic E-state index is 13.8. The van der Waals surface area contributed by atoms with Crippen molar-refractivity contribution in [2.75, 3.05) is 13.7 Å². The molecular formula is C14H22FNO. The lowest BCUT2D eigenvalue weighted by Crippen LogP contribution is -2.24. The van der Waals surface area contributed by atoms with Crippen LogP contribution in [0.2, 0.25) is 0 Å². The SMILES string of the molecule is COc1ccc(C(C)CCNC(C)C)c(F)c1. The average molecular weight is 239 g/mol. The Bertz CT molecular complexity index is 352. The first-order chi connectivity index (χ1) is 8.04. The summed E-state index contributed by atoms with van der Waals surface area (Å²) in [6, 6.07) is 5.55. The Labute approximate surface area is 103 Å². The first kappa shape index (κ1) is 14.0. The van der Waals surface area contributed by atoms with E-state index in [1.807, 2.05) is 19.1 Å². The van der Waals surface area contributed by atoms with Crippen LogP contribution in [0.5, 0.6) is 5.75 Å². The zero-order chi connectivity index (χ0) is 12.8. The molecule has 96 valence electrons. The summed E-state index contributed by atoms with van der Waals surface area (Å²) in [5.41, 5.74) is 0.761. The van der Waals surface area contributed by atoms with Crippen molar-refractivity contribution >= 4 is 0 Å². The third-order valence-corrected chi connectivity index (χ3v) is 2.87. The molecular weight excluding hydrogens is 217 g/mol. The minimum Gasteiger partial charge on any atom is -0.497 e. The van der Waals surface area contributed by atoms with Gasteiger partial charge >= 0.3 is 0 Å². The fourth-order valence-electron chi connectivity index (χ4n) is 1.78. The molecule has 1 atom stereocenters. The number of hydrogen-bond donors (Lipinski definition) is 1. The van der Waals surface area contributed by atoms with Crippen molar-refractivity contribution in [2.24, 2.45) is 0 Å². The normalized spacial score (nSPS) is 12.8. The van der Waals surface area contributed by atoms with Crippen molar-refractivity contribution in [2.45, 2.75) is 39.2 Å². The van der Waals surface area contributed by atoms with Gasteiger partial charge in [-0.05, 0) is 30.5 Å². The molecule has 0 aliphatic heterocycles. The molecule has 0 spiro atoms. The average Bonchev–Trinajstić information content (AvgIpc) is 2.28. The van der Waals surface area contributed by atoms with Gasteiger partial charge in [-0.3, -0.25) is 0 Å². The largest absolute Gasteiger partial charge is 0.497 e. The van der Waals surface area contributed by atoms with Crippen LogP contribution in [0, 0.1) is 5.82 Å². The lowest BCUT2D eigenvalue weighted by atomic mass is 9.97. The number of rotatable bonds is 6. The van der Waals surface area contributed by atoms with Crippen LogP contribution in [-0.2, 0) is 0 Å². The highest BCUT2D eigenvalue weighted by molar-refractivity contribution is 5.30. The van der Waals surface area contributed by atoms with Crippen LogP contribution in [0.25, 0.3) is 0 Å². The second-order valence-electron chi connectivity index (χ2n) is 4.69. The summed E-state index contributed by atoms with van der Waals surface area (Å²) in [4.78, 5) is 0. The van der Waals surface area contributed by atoms with E-state index in [-0.39, 0.29) is 11.7 Å². The van der Waals surface area contributed by atoms with Crippen molar-refractivity contribution in [3.63, 3.8) is 0 Å². The van der Waals surface area contributed by atoms with E-state index in [4.69, 9.17) is 4.74 Å². The number of hydrogen-bond acceptors (Lipinski definition) is 2. The predicted octanol–water partition coefficient (Wildman–Crippen LogP) is 3.33. The van der Waals surface area contributed by atoms with Crippen molar-refractivity contribution in [1.82, 2.24) is 5.32 Å². The monoisotopic (exact) mass is 239 g/mol. The van der Waals surface area contributed by atoms with Gasteiger partial charge in [-0.1, -0.05) is 26.8 Å². The molecule has 0 saturated carbocycles. The van der Waals surface area contributed by atoms with Crippen LogP contribution in [0.1, 0.15) is 38.7 Å². The van der Waals surface area contributed by atoms with Gasteiger partial charge in [0.05, 0.1) is 7.11 Å². The molecule has 1 rings (SSSR count). The second-order valence-corrected chi connectivity index (χ2v) is 4.69. The highest BCUT2D eigenvalue weighted by Gasteiger charge is 2.11. The third-order valence-electron chi connectivity index (χ3n) is 2.87. The minimum atomic E-state index is -0.179. The van der Waals surface area contributed by atoms with Gasteiger partial charge in [0.1, 0.15) is 11.6 Å². The Morgan fingerprint density at radius 2 is 2.00 bits per heavy atom. The fraction of sp³-hybridized carbons (Fsp3) is 0.571. The summed E-state index contributed by atoms with van der Waals surface area (Å²) in [6.45, 7) is 7.18. The first-order valence-corrected chi connectivity index (χ1v) is 6.11. The molecule has 0 amide bonds. The van der Waals surface area contributed by atoms with Gasteiger partial charge in [0, 0.05) is 12.1 Å². The van der Waals surface area contributed by atoms with Crippen molar-refractivity contribution in [3.05, 3.63) is 29.6 Å². The van der Waals surface area contributed by atoms with Crippen molar-refractivity contribution in [3.8, 4) is 5.75 Å². The van der Waals surface area contributed by atoms with Gasteiger partial charge in [-0.2, -0.15) is 0 Å². The Kier molecular flexibility index (Phi) is 5.42. The number of halogens is 1. The van der Waals surface area contributed by atoms with E-state index in [1.165, 1.54) is 6.07 Å². The molecule has 0 aromatic heterocycles. The zero-order valence-corrected chi connectivity index (χ0v) is 11.1. The number of nitrogens with one attached hydrogen (secondary N) is 1. The lowest BCUT2D eigenvalue weighted by molar-refractivity contribution is 0.410. The van der Waals surface area contributed by atoms with E-state index in [2.05, 4.69) is 19.2 Å². The molecule has 1 unspecified atom stereocenters. The van der Waals surface area contributed by atoms with Gasteiger partial charge < -0.3 is 10.1 Å². The highest BCUT2D eigenvalue weighted by Crippen LogP contribution is 2.25. The molecule has 0 radical (unpaired) electrons. The molecule has 0 aliphatic rings. The van der Waals surface area contributed by atoms with E-state index in [1.54, 1.807) is 7.11 Å². The summed E-state index contributed by atoms with van der Waals surface area (Å²) >= 11 is 0. The Hall–Kier alpha value is -1.09. The number of ether oxygens (including phenoxy) is 1. The summed E-state index contributed by atoms with van der Waals surface area (Å²) in [7, 11) is 1.55. The summed E-state index contributed by atoms with van der Waals surface area (Å²) in [6.07, 6.45) is 0.932. The van der Waals surface area contributed by atoms with Crippen LogP contribution in [0.4, 0.5) is 4.39 Å². The maximum absolute atomic E-state index is 13.8. The van der Waals surface area contributed by atoms with Crippen LogP contribution < -0.4 is 10.1 Å². The minimum absolute atomic E-state index is 0.179. The second kappa shape index (κ2) is 6.60. The van der Waals surface area contributed by atoms with Crippen molar-refractivity contribution < 1.29 is 9.13 Å². The predicted molar refractivity (Wildman–Crippen MR) is 69.1 cm³/mol. The van der Waals surface area contributed by atoms with Gasteiger partial charge in [0.2, 0.25) is 0 Å². The Balaban J connectivity index is 2.59. The molecule has 0 aliphatic carbocycles. The Morgan fingerprint density at radius 3 is 2.53 bits per heavy atom. The van der Waals surface area contributed by atoms with Crippen LogP contribution in [-0.4, -0.2) is 19.7 Å². The molecule has 0 heterocycles. The molecule has 1 aromatic carbocycles. The zero-order valence-electron chi connectivity index (χ0n) is 11.1. The molecule has 1 aromatic rings. The van der Waals surface area contributed by atoms with Gasteiger partial charge in [-0.15, -0.1) is 0 Å². The topological polar surface area (TPSA) is 21.3 Å². The number of benzene rings is 1. The van der Waals surface area contributed by atoms with Crippen LogP contribution >= 0.6 is 0 Å². The van der Waals surface area contributed by atoms with Crippen molar-refractivity contribution in [1.29, 1.82) is 0 Å². The third kappa shape index (κ3) is 4.35. The molecule has 3 heteroatoms. The molecule has 2 nitrogen and oxygen atoms in total. The molecule has 0 bridgehead atoms.